The van der Waals surface area contributed by atoms with Crippen LogP contribution in [-0.2, 0) is 4.79 Å². The quantitative estimate of drug-likeness (QED) is 0.647. The smallest absolute Gasteiger partial charge is 0.321 e. The van der Waals surface area contributed by atoms with Crippen LogP contribution in [0.1, 0.15) is 13.3 Å². The molecule has 0 spiro atoms. The molecule has 1 atom stereocenters. The van der Waals surface area contributed by atoms with Gasteiger partial charge in [-0.2, -0.15) is 0 Å². The number of fused-ring (bicyclic) bond motifs is 1. The summed E-state index contributed by atoms with van der Waals surface area (Å²) in [5.74, 6) is 0.344. The summed E-state index contributed by atoms with van der Waals surface area (Å²) in [4.78, 5) is 18.8. The van der Waals surface area contributed by atoms with Crippen molar-refractivity contribution < 1.29 is 14.6 Å². The standard InChI is InChI=1S/C14H19N3O3S/c1-3-6-15-12(13(18)19)8-21-14-16-10-5-4-9(20-2)7-11(10)17-14/h4-5,7,12,15H,3,6,8H2,1-2H3,(H,16,17)(H,18,19). The highest BCUT2D eigenvalue weighted by atomic mass is 32.2. The van der Waals surface area contributed by atoms with E-state index in [9.17, 15) is 4.79 Å². The van der Waals surface area contributed by atoms with Gasteiger partial charge in [-0.25, -0.2) is 4.98 Å². The number of hydrogen-bond donors (Lipinski definition) is 3. The molecule has 0 bridgehead atoms. The number of thioether (sulfide) groups is 1. The molecule has 1 heterocycles. The second kappa shape index (κ2) is 7.33. The molecular weight excluding hydrogens is 290 g/mol. The van der Waals surface area contributed by atoms with Gasteiger partial charge < -0.3 is 20.1 Å². The maximum Gasteiger partial charge on any atom is 0.321 e. The Bertz CT molecular complexity index is 615. The number of carboxylic acids is 1. The Balaban J connectivity index is 2.03. The van der Waals surface area contributed by atoms with E-state index >= 15 is 0 Å². The number of ether oxygens (including phenoxy) is 1. The van der Waals surface area contributed by atoms with Crippen LogP contribution in [0.4, 0.5) is 0 Å². The van der Waals surface area contributed by atoms with E-state index in [2.05, 4.69) is 15.3 Å². The van der Waals surface area contributed by atoms with Crippen molar-refractivity contribution in [2.45, 2.75) is 24.5 Å². The molecule has 3 N–H and O–H groups in total. The van der Waals surface area contributed by atoms with Crippen molar-refractivity contribution in [2.75, 3.05) is 19.4 Å². The molecule has 1 unspecified atom stereocenters. The number of benzene rings is 1. The first kappa shape index (κ1) is 15.7. The number of carbonyl (C=O) groups is 1. The highest BCUT2D eigenvalue weighted by Gasteiger charge is 2.17. The van der Waals surface area contributed by atoms with Gasteiger partial charge in [-0.3, -0.25) is 4.79 Å². The van der Waals surface area contributed by atoms with Crippen molar-refractivity contribution in [3.8, 4) is 5.75 Å². The summed E-state index contributed by atoms with van der Waals surface area (Å²) in [6.07, 6.45) is 0.902. The molecule has 114 valence electrons. The summed E-state index contributed by atoms with van der Waals surface area (Å²) in [6.45, 7) is 2.69. The number of H-pyrrole nitrogens is 1. The zero-order chi connectivity index (χ0) is 15.2. The molecule has 1 aromatic carbocycles. The Morgan fingerprint density at radius 1 is 1.57 bits per heavy atom. The number of imidazole rings is 1. The van der Waals surface area contributed by atoms with Crippen molar-refractivity contribution in [1.29, 1.82) is 0 Å². The molecule has 21 heavy (non-hydrogen) atoms. The minimum absolute atomic E-state index is 0.423. The Labute approximate surface area is 127 Å². The monoisotopic (exact) mass is 309 g/mol. The maximum atomic E-state index is 11.2. The number of aliphatic carboxylic acids is 1. The lowest BCUT2D eigenvalue weighted by atomic mass is 10.3. The summed E-state index contributed by atoms with van der Waals surface area (Å²) >= 11 is 1.40. The molecule has 0 aliphatic carbocycles. The van der Waals surface area contributed by atoms with Crippen molar-refractivity contribution in [3.63, 3.8) is 0 Å². The number of nitrogens with zero attached hydrogens (tertiary/aromatic N) is 1. The molecule has 0 saturated heterocycles. The van der Waals surface area contributed by atoms with Gasteiger partial charge in [0.15, 0.2) is 5.16 Å². The lowest BCUT2D eigenvalue weighted by Crippen LogP contribution is -2.39. The van der Waals surface area contributed by atoms with E-state index in [1.165, 1.54) is 11.8 Å². The molecule has 0 fully saturated rings. The number of methoxy groups -OCH3 is 1. The SMILES string of the molecule is CCCNC(CSc1nc2ccc(OC)cc2[nH]1)C(=O)O. The van der Waals surface area contributed by atoms with Gasteiger partial charge in [-0.1, -0.05) is 18.7 Å². The molecule has 0 aliphatic heterocycles. The fourth-order valence-electron chi connectivity index (χ4n) is 1.86. The van der Waals surface area contributed by atoms with Gasteiger partial charge in [0.1, 0.15) is 11.8 Å². The van der Waals surface area contributed by atoms with Crippen LogP contribution >= 0.6 is 11.8 Å². The number of nitrogens with one attached hydrogen (secondary N) is 2. The first-order valence-electron chi connectivity index (χ1n) is 6.76. The van der Waals surface area contributed by atoms with Gasteiger partial charge in [-0.15, -0.1) is 0 Å². The lowest BCUT2D eigenvalue weighted by molar-refractivity contribution is -0.138. The van der Waals surface area contributed by atoms with Gasteiger partial charge >= 0.3 is 5.97 Å². The molecule has 7 heteroatoms. The average Bonchev–Trinajstić information content (AvgIpc) is 2.88. The average molecular weight is 309 g/mol. The predicted octanol–water partition coefficient (Wildman–Crippen LogP) is 2.12. The van der Waals surface area contributed by atoms with Crippen LogP contribution in [0.5, 0.6) is 5.75 Å². The minimum Gasteiger partial charge on any atom is -0.497 e. The predicted molar refractivity (Wildman–Crippen MR) is 83.1 cm³/mol. The van der Waals surface area contributed by atoms with E-state index in [4.69, 9.17) is 9.84 Å². The van der Waals surface area contributed by atoms with E-state index < -0.39 is 12.0 Å². The van der Waals surface area contributed by atoms with Gasteiger partial charge in [0.05, 0.1) is 18.1 Å². The van der Waals surface area contributed by atoms with Gasteiger partial charge in [-0.05, 0) is 25.1 Å². The van der Waals surface area contributed by atoms with Crippen LogP contribution < -0.4 is 10.1 Å². The van der Waals surface area contributed by atoms with Gasteiger partial charge in [0.2, 0.25) is 0 Å². The fraction of sp³-hybridized carbons (Fsp3) is 0.429. The van der Waals surface area contributed by atoms with Crippen LogP contribution in [0.15, 0.2) is 23.4 Å². The minimum atomic E-state index is -0.839. The summed E-state index contributed by atoms with van der Waals surface area (Å²) in [5.41, 5.74) is 1.72. The molecule has 1 aromatic heterocycles. The molecule has 0 saturated carbocycles. The number of carboxylic acid groups (broad SMARTS) is 1. The molecule has 2 aromatic rings. The number of aromatic nitrogens is 2. The van der Waals surface area contributed by atoms with E-state index in [0.29, 0.717) is 17.5 Å². The van der Waals surface area contributed by atoms with Crippen LogP contribution in [0.3, 0.4) is 0 Å². The zero-order valence-corrected chi connectivity index (χ0v) is 12.9. The highest BCUT2D eigenvalue weighted by Crippen LogP contribution is 2.23. The highest BCUT2D eigenvalue weighted by molar-refractivity contribution is 7.99. The largest absolute Gasteiger partial charge is 0.497 e. The zero-order valence-electron chi connectivity index (χ0n) is 12.0. The number of rotatable bonds is 8. The molecule has 2 rings (SSSR count). The Morgan fingerprint density at radius 2 is 2.38 bits per heavy atom. The fourth-order valence-corrected chi connectivity index (χ4v) is 2.79. The molecule has 0 aliphatic rings. The third-order valence-electron chi connectivity index (χ3n) is 2.99. The van der Waals surface area contributed by atoms with E-state index in [-0.39, 0.29) is 0 Å². The van der Waals surface area contributed by atoms with Crippen molar-refractivity contribution in [1.82, 2.24) is 15.3 Å². The summed E-state index contributed by atoms with van der Waals surface area (Å²) in [5, 5.41) is 12.9. The first-order valence-corrected chi connectivity index (χ1v) is 7.75. The van der Waals surface area contributed by atoms with E-state index in [1.807, 2.05) is 25.1 Å². The third-order valence-corrected chi connectivity index (χ3v) is 3.96. The van der Waals surface area contributed by atoms with Crippen LogP contribution in [0, 0.1) is 0 Å². The van der Waals surface area contributed by atoms with Gasteiger partial charge in [0, 0.05) is 11.8 Å². The van der Waals surface area contributed by atoms with Gasteiger partial charge in [0.25, 0.3) is 0 Å². The van der Waals surface area contributed by atoms with Crippen LogP contribution in [-0.4, -0.2) is 46.5 Å². The summed E-state index contributed by atoms with van der Waals surface area (Å²) in [6, 6.07) is 5.02. The van der Waals surface area contributed by atoms with Crippen molar-refractivity contribution in [3.05, 3.63) is 18.2 Å². The number of aromatic amines is 1. The normalized spacial score (nSPS) is 12.5. The van der Waals surface area contributed by atoms with Crippen LogP contribution in [0.2, 0.25) is 0 Å². The maximum absolute atomic E-state index is 11.2. The van der Waals surface area contributed by atoms with E-state index in [1.54, 1.807) is 7.11 Å². The number of hydrogen-bond acceptors (Lipinski definition) is 5. The topological polar surface area (TPSA) is 87.2 Å². The van der Waals surface area contributed by atoms with E-state index in [0.717, 1.165) is 23.2 Å². The first-order chi connectivity index (χ1) is 10.1. The molecule has 6 nitrogen and oxygen atoms in total. The second-order valence-electron chi connectivity index (χ2n) is 4.58. The Kier molecular flexibility index (Phi) is 5.46. The Hall–Kier alpha value is -1.73. The summed E-state index contributed by atoms with van der Waals surface area (Å²) < 4.78 is 5.16. The van der Waals surface area contributed by atoms with Crippen molar-refractivity contribution in [2.24, 2.45) is 0 Å². The molecular formula is C14H19N3O3S. The molecule has 0 radical (unpaired) electrons. The third kappa shape index (κ3) is 4.12. The van der Waals surface area contributed by atoms with Crippen LogP contribution in [0.25, 0.3) is 11.0 Å². The lowest BCUT2D eigenvalue weighted by Gasteiger charge is -2.12. The second-order valence-corrected chi connectivity index (χ2v) is 5.59. The molecule has 0 amide bonds. The van der Waals surface area contributed by atoms with Crippen molar-refractivity contribution >= 4 is 28.8 Å². The summed E-state index contributed by atoms with van der Waals surface area (Å²) in [7, 11) is 1.62. The Morgan fingerprint density at radius 3 is 3.05 bits per heavy atom.